The summed E-state index contributed by atoms with van der Waals surface area (Å²) in [6.45, 7) is 10.7. The molecule has 0 aliphatic heterocycles. The second-order valence-electron chi connectivity index (χ2n) is 6.57. The van der Waals surface area contributed by atoms with Crippen LogP contribution >= 0.6 is 0 Å². The fraction of sp³-hybridized carbons (Fsp3) is 0.368. The van der Waals surface area contributed by atoms with Crippen LogP contribution in [-0.2, 0) is 5.41 Å². The normalized spacial score (nSPS) is 13.2. The van der Waals surface area contributed by atoms with Crippen LogP contribution in [0.15, 0.2) is 42.5 Å². The van der Waals surface area contributed by atoms with Gasteiger partial charge in [0, 0.05) is 11.5 Å². The molecule has 1 unspecified atom stereocenters. The Morgan fingerprint density at radius 2 is 1.50 bits per heavy atom. The van der Waals surface area contributed by atoms with Gasteiger partial charge in [-0.1, -0.05) is 70.2 Å². The van der Waals surface area contributed by atoms with Gasteiger partial charge in [0.1, 0.15) is 5.75 Å². The number of rotatable bonds is 2. The minimum Gasteiger partial charge on any atom is -0.507 e. The van der Waals surface area contributed by atoms with E-state index in [9.17, 15) is 5.11 Å². The quantitative estimate of drug-likeness (QED) is 0.798. The zero-order valence-corrected chi connectivity index (χ0v) is 13.1. The van der Waals surface area contributed by atoms with E-state index in [2.05, 4.69) is 58.9 Å². The zero-order chi connectivity index (χ0) is 14.9. The summed E-state index contributed by atoms with van der Waals surface area (Å²) in [6, 6.07) is 14.5. The molecular weight excluding hydrogens is 244 g/mol. The van der Waals surface area contributed by atoms with Crippen LogP contribution in [0.4, 0.5) is 0 Å². The first-order valence-corrected chi connectivity index (χ1v) is 7.20. The summed E-state index contributed by atoms with van der Waals surface area (Å²) in [4.78, 5) is 0. The lowest BCUT2D eigenvalue weighted by Crippen LogP contribution is -2.12. The molecule has 0 heterocycles. The van der Waals surface area contributed by atoms with E-state index in [1.807, 2.05) is 18.2 Å². The van der Waals surface area contributed by atoms with Crippen LogP contribution in [0.1, 0.15) is 55.9 Å². The molecule has 0 saturated carbocycles. The van der Waals surface area contributed by atoms with E-state index in [1.165, 1.54) is 11.1 Å². The Kier molecular flexibility index (Phi) is 3.89. The van der Waals surface area contributed by atoms with Crippen LogP contribution in [-0.4, -0.2) is 5.11 Å². The molecule has 0 saturated heterocycles. The summed E-state index contributed by atoms with van der Waals surface area (Å²) in [7, 11) is 0. The molecule has 2 aromatic rings. The van der Waals surface area contributed by atoms with Gasteiger partial charge in [0.25, 0.3) is 0 Å². The maximum atomic E-state index is 10.6. The molecule has 2 aromatic carbocycles. The van der Waals surface area contributed by atoms with Crippen molar-refractivity contribution in [3.05, 3.63) is 64.7 Å². The lowest BCUT2D eigenvalue weighted by molar-refractivity contribution is 0.438. The van der Waals surface area contributed by atoms with E-state index < -0.39 is 0 Å². The molecule has 0 aliphatic rings. The molecule has 1 heteroatoms. The van der Waals surface area contributed by atoms with Crippen molar-refractivity contribution >= 4 is 0 Å². The minimum absolute atomic E-state index is 0.0501. The second kappa shape index (κ2) is 5.32. The number of phenolic OH excluding ortho intramolecular Hbond substituents is 1. The van der Waals surface area contributed by atoms with Gasteiger partial charge in [0.05, 0.1) is 0 Å². The van der Waals surface area contributed by atoms with Crippen molar-refractivity contribution in [1.82, 2.24) is 0 Å². The Bertz CT molecular complexity index is 605. The first kappa shape index (κ1) is 14.6. The first-order valence-electron chi connectivity index (χ1n) is 7.20. The molecule has 0 bridgehead atoms. The summed E-state index contributed by atoms with van der Waals surface area (Å²) in [6.07, 6.45) is 0. The number of aryl methyl sites for hydroxylation is 1. The largest absolute Gasteiger partial charge is 0.507 e. The summed E-state index contributed by atoms with van der Waals surface area (Å²) < 4.78 is 0. The summed E-state index contributed by atoms with van der Waals surface area (Å²) >= 11 is 0. The molecule has 0 radical (unpaired) electrons. The molecule has 106 valence electrons. The third-order valence-electron chi connectivity index (χ3n) is 4.00. The molecule has 0 aliphatic carbocycles. The lowest BCUT2D eigenvalue weighted by Gasteiger charge is -2.24. The average Bonchev–Trinajstić information content (AvgIpc) is 2.37. The predicted octanol–water partition coefficient (Wildman–Crippen LogP) is 5.15. The Labute approximate surface area is 122 Å². The second-order valence-corrected chi connectivity index (χ2v) is 6.57. The van der Waals surface area contributed by atoms with Gasteiger partial charge in [-0.25, -0.2) is 0 Å². The van der Waals surface area contributed by atoms with E-state index in [0.717, 1.165) is 11.1 Å². The van der Waals surface area contributed by atoms with E-state index in [1.54, 1.807) is 0 Å². The summed E-state index contributed by atoms with van der Waals surface area (Å²) in [5, 5.41) is 10.6. The van der Waals surface area contributed by atoms with Gasteiger partial charge in [-0.2, -0.15) is 0 Å². The van der Waals surface area contributed by atoms with Gasteiger partial charge < -0.3 is 5.11 Å². The molecule has 1 atom stereocenters. The first-order chi connectivity index (χ1) is 9.32. The van der Waals surface area contributed by atoms with Gasteiger partial charge >= 0.3 is 0 Å². The zero-order valence-electron chi connectivity index (χ0n) is 13.1. The fourth-order valence-corrected chi connectivity index (χ4v) is 2.76. The third-order valence-corrected chi connectivity index (χ3v) is 4.00. The lowest BCUT2D eigenvalue weighted by atomic mass is 9.82. The van der Waals surface area contributed by atoms with Gasteiger partial charge in [-0.15, -0.1) is 0 Å². The molecular formula is C19H24O. The van der Waals surface area contributed by atoms with Gasteiger partial charge in [-0.05, 0) is 29.0 Å². The maximum absolute atomic E-state index is 10.6. The fourth-order valence-electron chi connectivity index (χ4n) is 2.76. The highest BCUT2D eigenvalue weighted by atomic mass is 16.3. The molecule has 1 N–H and O–H groups in total. The van der Waals surface area contributed by atoms with Crippen molar-refractivity contribution in [1.29, 1.82) is 0 Å². The summed E-state index contributed by atoms with van der Waals surface area (Å²) in [5.74, 6) is 0.634. The Balaban J connectivity index is 2.52. The number of para-hydroxylation sites is 1. The number of phenols is 1. The highest BCUT2D eigenvalue weighted by Crippen LogP contribution is 2.38. The SMILES string of the molecule is Cc1ccccc1C(C)c1cccc(C(C)(C)C)c1O. The summed E-state index contributed by atoms with van der Waals surface area (Å²) in [5.41, 5.74) is 4.50. The van der Waals surface area contributed by atoms with E-state index in [4.69, 9.17) is 0 Å². The predicted molar refractivity (Wildman–Crippen MR) is 85.5 cm³/mol. The number of aromatic hydroxyl groups is 1. The highest BCUT2D eigenvalue weighted by Gasteiger charge is 2.22. The highest BCUT2D eigenvalue weighted by molar-refractivity contribution is 5.49. The molecule has 0 fully saturated rings. The van der Waals surface area contributed by atoms with E-state index in [0.29, 0.717) is 5.75 Å². The van der Waals surface area contributed by atoms with E-state index >= 15 is 0 Å². The maximum Gasteiger partial charge on any atom is 0.123 e. The van der Waals surface area contributed by atoms with Crippen molar-refractivity contribution in [3.8, 4) is 5.75 Å². The number of hydrogen-bond acceptors (Lipinski definition) is 1. The smallest absolute Gasteiger partial charge is 0.123 e. The van der Waals surface area contributed by atoms with Crippen LogP contribution in [0.25, 0.3) is 0 Å². The molecule has 0 spiro atoms. The molecule has 0 amide bonds. The van der Waals surface area contributed by atoms with Crippen LogP contribution in [0.3, 0.4) is 0 Å². The molecule has 2 rings (SSSR count). The number of hydrogen-bond donors (Lipinski definition) is 1. The Morgan fingerprint density at radius 1 is 0.900 bits per heavy atom. The number of benzene rings is 2. The molecule has 1 nitrogen and oxygen atoms in total. The third kappa shape index (κ3) is 2.72. The van der Waals surface area contributed by atoms with Crippen molar-refractivity contribution < 1.29 is 5.11 Å². The molecule has 20 heavy (non-hydrogen) atoms. The Morgan fingerprint density at radius 3 is 2.10 bits per heavy atom. The van der Waals surface area contributed by atoms with Crippen LogP contribution in [0, 0.1) is 6.92 Å². The average molecular weight is 268 g/mol. The van der Waals surface area contributed by atoms with Crippen LogP contribution < -0.4 is 0 Å². The topological polar surface area (TPSA) is 20.2 Å². The van der Waals surface area contributed by atoms with Crippen LogP contribution in [0.5, 0.6) is 5.75 Å². The van der Waals surface area contributed by atoms with Crippen molar-refractivity contribution in [3.63, 3.8) is 0 Å². The Hall–Kier alpha value is -1.76. The van der Waals surface area contributed by atoms with Gasteiger partial charge in [0.15, 0.2) is 0 Å². The standard InChI is InChI=1S/C19H24O/c1-13-9-6-7-10-15(13)14(2)16-11-8-12-17(18(16)20)19(3,4)5/h6-12,14,20H,1-5H3. The molecule has 0 aromatic heterocycles. The monoisotopic (exact) mass is 268 g/mol. The van der Waals surface area contributed by atoms with E-state index in [-0.39, 0.29) is 11.3 Å². The van der Waals surface area contributed by atoms with Crippen LogP contribution in [0.2, 0.25) is 0 Å². The van der Waals surface area contributed by atoms with Crippen molar-refractivity contribution in [2.75, 3.05) is 0 Å². The minimum atomic E-state index is -0.0501. The van der Waals surface area contributed by atoms with Crippen molar-refractivity contribution in [2.45, 2.75) is 46.0 Å². The van der Waals surface area contributed by atoms with Gasteiger partial charge in [0.2, 0.25) is 0 Å². The van der Waals surface area contributed by atoms with Crippen molar-refractivity contribution in [2.24, 2.45) is 0 Å². The van der Waals surface area contributed by atoms with Gasteiger partial charge in [-0.3, -0.25) is 0 Å².